The maximum atomic E-state index is 4.25. The first-order chi connectivity index (χ1) is 19.7. The van der Waals surface area contributed by atoms with Gasteiger partial charge in [0.15, 0.2) is 0 Å². The lowest BCUT2D eigenvalue weighted by Gasteiger charge is -2.45. The molecule has 0 amide bonds. The Labute approximate surface area is 304 Å². The summed E-state index contributed by atoms with van der Waals surface area (Å²) < 4.78 is 4.25. The average molecular weight is 696 g/mol. The molecule has 1 aliphatic rings. The van der Waals surface area contributed by atoms with Crippen LogP contribution in [0.2, 0.25) is 26.2 Å². The van der Waals surface area contributed by atoms with Crippen LogP contribution >= 0.6 is 11.8 Å². The van der Waals surface area contributed by atoms with Gasteiger partial charge in [-0.15, -0.1) is 0 Å². The molecular weight excluding hydrogens is 595 g/mol. The zero-order chi connectivity index (χ0) is 39.7. The molecular formula is C42H101NOSSi. The van der Waals surface area contributed by atoms with E-state index in [1.165, 1.54) is 6.42 Å². The van der Waals surface area contributed by atoms with Crippen LogP contribution in [0.1, 0.15) is 145 Å². The van der Waals surface area contributed by atoms with Gasteiger partial charge in [0.1, 0.15) is 0 Å². The summed E-state index contributed by atoms with van der Waals surface area (Å²) >= 11 is 1.75. The monoisotopic (exact) mass is 696 g/mol. The van der Waals surface area contributed by atoms with E-state index in [-0.39, 0.29) is 0 Å². The van der Waals surface area contributed by atoms with Crippen LogP contribution < -0.4 is 0 Å². The van der Waals surface area contributed by atoms with Crippen molar-refractivity contribution in [2.45, 2.75) is 171 Å². The summed E-state index contributed by atoms with van der Waals surface area (Å²) in [5.74, 6) is 5.45. The molecule has 0 aliphatic heterocycles. The van der Waals surface area contributed by atoms with Crippen LogP contribution in [0.3, 0.4) is 0 Å². The van der Waals surface area contributed by atoms with Crippen LogP contribution in [0.15, 0.2) is 0 Å². The van der Waals surface area contributed by atoms with Crippen LogP contribution in [-0.2, 0) is 4.74 Å². The van der Waals surface area contributed by atoms with Gasteiger partial charge in [-0.05, 0) is 97.2 Å². The lowest BCUT2D eigenvalue weighted by molar-refractivity contribution is 0.0302. The first kappa shape index (κ1) is 61.7. The van der Waals surface area contributed by atoms with Gasteiger partial charge >= 0.3 is 0 Å². The van der Waals surface area contributed by atoms with Gasteiger partial charge in [-0.1, -0.05) is 165 Å². The maximum absolute atomic E-state index is 4.25. The molecule has 1 aliphatic carbocycles. The van der Waals surface area contributed by atoms with Crippen molar-refractivity contribution in [3.05, 3.63) is 0 Å². The van der Waals surface area contributed by atoms with Crippen molar-refractivity contribution in [2.24, 2.45) is 57.2 Å². The molecule has 0 spiro atoms. The number of rotatable bonds is 0. The Balaban J connectivity index is -0.0000000801. The number of ether oxygens (including phenoxy) is 1. The topological polar surface area (TPSA) is 12.5 Å². The number of hydrogen-bond donors (Lipinski definition) is 0. The zero-order valence-corrected chi connectivity index (χ0v) is 40.8. The highest BCUT2D eigenvalue weighted by molar-refractivity contribution is 7.97. The van der Waals surface area contributed by atoms with Crippen molar-refractivity contribution in [3.8, 4) is 0 Å². The third kappa shape index (κ3) is 90.5. The average Bonchev–Trinajstić information content (AvgIpc) is 2.70. The highest BCUT2D eigenvalue weighted by Gasteiger charge is 2.38. The Morgan fingerprint density at radius 1 is 0.478 bits per heavy atom. The summed E-state index contributed by atoms with van der Waals surface area (Å²) in [7, 11) is 8.64. The highest BCUT2D eigenvalue weighted by atomic mass is 32.2. The van der Waals surface area contributed by atoms with Gasteiger partial charge in [-0.3, -0.25) is 0 Å². The third-order valence-electron chi connectivity index (χ3n) is 6.04. The molecule has 0 heterocycles. The molecule has 1 rings (SSSR count). The van der Waals surface area contributed by atoms with Gasteiger partial charge in [-0.25, -0.2) is 0 Å². The van der Waals surface area contributed by atoms with Crippen molar-refractivity contribution in [3.63, 3.8) is 0 Å². The summed E-state index contributed by atoms with van der Waals surface area (Å²) in [4.78, 5) is 2.00. The Hall–Kier alpha value is 0.487. The van der Waals surface area contributed by atoms with Crippen molar-refractivity contribution in [1.29, 1.82) is 0 Å². The van der Waals surface area contributed by atoms with Crippen LogP contribution in [-0.4, -0.2) is 60.8 Å². The number of methoxy groups -OCH3 is 1. The Morgan fingerprint density at radius 2 is 0.543 bits per heavy atom. The molecule has 290 valence electrons. The second-order valence-electron chi connectivity index (χ2n) is 21.6. The summed E-state index contributed by atoms with van der Waals surface area (Å²) in [6.07, 6.45) is 5.38. The van der Waals surface area contributed by atoms with E-state index < -0.39 is 8.07 Å². The summed E-state index contributed by atoms with van der Waals surface area (Å²) in [5, 5.41) is 0. The SMILES string of the molecule is CC(C)(C)C.CC(C)(C)C.CC(C)(C)CC(C)(C)C.CC1C(C)C(C)C(C)C(C)C1C.CN(C)C.COC.CSC.C[Si](C)(C)C. The van der Waals surface area contributed by atoms with E-state index in [9.17, 15) is 0 Å². The van der Waals surface area contributed by atoms with E-state index in [0.29, 0.717) is 21.7 Å². The minimum atomic E-state index is -0.611. The molecule has 0 bridgehead atoms. The third-order valence-corrected chi connectivity index (χ3v) is 6.04. The van der Waals surface area contributed by atoms with E-state index in [1.807, 2.05) is 38.6 Å². The molecule has 0 aromatic heterocycles. The molecule has 0 aromatic rings. The lowest BCUT2D eigenvalue weighted by atomic mass is 9.60. The molecule has 0 unspecified atom stereocenters. The van der Waals surface area contributed by atoms with Crippen molar-refractivity contribution < 1.29 is 4.74 Å². The molecule has 2 nitrogen and oxygen atoms in total. The molecule has 0 N–H and O–H groups in total. The van der Waals surface area contributed by atoms with Gasteiger partial charge in [0.2, 0.25) is 0 Å². The van der Waals surface area contributed by atoms with Crippen molar-refractivity contribution in [2.75, 3.05) is 47.9 Å². The van der Waals surface area contributed by atoms with E-state index in [1.54, 1.807) is 26.0 Å². The summed E-state index contributed by atoms with van der Waals surface area (Å²) in [6, 6.07) is 0. The first-order valence-corrected chi connectivity index (χ1v) is 23.8. The second-order valence-corrected chi connectivity index (χ2v) is 28.4. The fraction of sp³-hybridized carbons (Fsp3) is 1.00. The zero-order valence-electron chi connectivity index (χ0n) is 38.9. The number of nitrogens with zero attached hydrogens (tertiary/aromatic N) is 1. The normalized spacial score (nSPS) is 22.7. The van der Waals surface area contributed by atoms with E-state index in [2.05, 4.69) is 169 Å². The molecule has 0 saturated heterocycles. The molecule has 1 saturated carbocycles. The molecule has 0 radical (unpaired) electrons. The number of hydrogen-bond acceptors (Lipinski definition) is 3. The minimum absolute atomic E-state index is 0.484. The second kappa shape index (κ2) is 30.3. The van der Waals surface area contributed by atoms with Gasteiger partial charge in [0.05, 0.1) is 0 Å². The minimum Gasteiger partial charge on any atom is -0.388 e. The lowest BCUT2D eigenvalue weighted by Crippen LogP contribution is -2.39. The fourth-order valence-corrected chi connectivity index (χ4v) is 4.46. The van der Waals surface area contributed by atoms with Crippen LogP contribution in [0, 0.1) is 57.2 Å². The summed E-state index contributed by atoms with van der Waals surface area (Å²) in [5.41, 5.74) is 1.97. The van der Waals surface area contributed by atoms with E-state index >= 15 is 0 Å². The Kier molecular flexibility index (Phi) is 40.7. The first-order valence-electron chi connectivity index (χ1n) is 18.1. The highest BCUT2D eigenvalue weighted by Crippen LogP contribution is 2.44. The van der Waals surface area contributed by atoms with Crippen LogP contribution in [0.4, 0.5) is 0 Å². The Morgan fingerprint density at radius 3 is 0.565 bits per heavy atom. The quantitative estimate of drug-likeness (QED) is 0.234. The largest absolute Gasteiger partial charge is 0.388 e. The fourth-order valence-electron chi connectivity index (χ4n) is 4.46. The smallest absolute Gasteiger partial charge is 0.0411 e. The molecule has 1 fully saturated rings. The molecule has 46 heavy (non-hydrogen) atoms. The molecule has 4 heteroatoms. The standard InChI is InChI=1S/C12H24.C9H20.2C5H12.C4H12Si.C3H9N.C2H6O.C2H6S/c1-7-8(2)10(4)12(6)11(5)9(7)3;1-8(2,3)7-9(4,5)6;3*1-5(2,3)4;1-4(2)3;2*1-3-2/h7-12H,1-6H3;7H2,1-6H3;3*1-4H3;1-3H3;2*1-2H3. The predicted molar refractivity (Wildman–Crippen MR) is 230 cm³/mol. The predicted octanol–water partition coefficient (Wildman–Crippen LogP) is 14.8. The van der Waals surface area contributed by atoms with Crippen molar-refractivity contribution in [1.82, 2.24) is 4.90 Å². The maximum Gasteiger partial charge on any atom is 0.0411 e. The van der Waals surface area contributed by atoms with Crippen LogP contribution in [0.25, 0.3) is 0 Å². The van der Waals surface area contributed by atoms with Gasteiger partial charge in [-0.2, -0.15) is 11.8 Å². The van der Waals surface area contributed by atoms with Gasteiger partial charge in [0.25, 0.3) is 0 Å². The molecule has 0 atom stereocenters. The Bertz CT molecular complexity index is 478. The van der Waals surface area contributed by atoms with E-state index in [4.69, 9.17) is 0 Å². The van der Waals surface area contributed by atoms with Gasteiger partial charge < -0.3 is 9.64 Å². The molecule has 0 aromatic carbocycles. The number of thioether (sulfide) groups is 1. The van der Waals surface area contributed by atoms with Gasteiger partial charge in [0, 0.05) is 22.3 Å². The van der Waals surface area contributed by atoms with E-state index in [0.717, 1.165) is 35.5 Å². The van der Waals surface area contributed by atoms with Crippen LogP contribution in [0.5, 0.6) is 0 Å². The summed E-state index contributed by atoms with van der Waals surface area (Å²) in [6.45, 7) is 55.1. The van der Waals surface area contributed by atoms with Crippen molar-refractivity contribution >= 4 is 19.8 Å².